The van der Waals surface area contributed by atoms with E-state index in [4.69, 9.17) is 5.11 Å². The lowest BCUT2D eigenvalue weighted by Crippen LogP contribution is -2.44. The first-order valence-corrected chi connectivity index (χ1v) is 8.24. The first-order valence-electron chi connectivity index (χ1n) is 8.24. The Hall–Kier alpha value is -1.91. The largest absolute Gasteiger partial charge is 0.480 e. The zero-order valence-electron chi connectivity index (χ0n) is 13.6. The summed E-state index contributed by atoms with van der Waals surface area (Å²) in [6, 6.07) is 15.5. The summed E-state index contributed by atoms with van der Waals surface area (Å²) in [7, 11) is 1.91. The molecular weight excluding hydrogens is 288 g/mol. The molecular formula is C19H24N2O2. The van der Waals surface area contributed by atoms with Gasteiger partial charge < -0.3 is 5.11 Å². The molecule has 3 rings (SSSR count). The second-order valence-corrected chi connectivity index (χ2v) is 6.50. The average Bonchev–Trinajstić information content (AvgIpc) is 2.55. The molecule has 1 N–H and O–H groups in total. The smallest absolute Gasteiger partial charge is 0.317 e. The third kappa shape index (κ3) is 4.09. The number of hydrogen-bond donors (Lipinski definition) is 1. The van der Waals surface area contributed by atoms with Crippen molar-refractivity contribution in [2.24, 2.45) is 0 Å². The van der Waals surface area contributed by atoms with Crippen molar-refractivity contribution in [2.75, 3.05) is 26.7 Å². The Labute approximate surface area is 137 Å². The molecule has 1 heterocycles. The van der Waals surface area contributed by atoms with Crippen molar-refractivity contribution in [1.82, 2.24) is 9.80 Å². The maximum atomic E-state index is 10.8. The third-order valence-electron chi connectivity index (χ3n) is 4.79. The third-order valence-corrected chi connectivity index (χ3v) is 4.79. The zero-order chi connectivity index (χ0) is 16.2. The maximum Gasteiger partial charge on any atom is 0.317 e. The molecule has 0 aliphatic carbocycles. The highest BCUT2D eigenvalue weighted by atomic mass is 16.4. The minimum Gasteiger partial charge on any atom is -0.480 e. The fourth-order valence-electron chi connectivity index (χ4n) is 3.46. The number of nitrogens with zero attached hydrogens (tertiary/aromatic N) is 2. The number of carboxylic acid groups (broad SMARTS) is 1. The van der Waals surface area contributed by atoms with Crippen LogP contribution in [0.25, 0.3) is 10.8 Å². The fraction of sp³-hybridized carbons (Fsp3) is 0.421. The lowest BCUT2D eigenvalue weighted by atomic mass is 10.0. The van der Waals surface area contributed by atoms with E-state index in [1.807, 2.05) is 11.9 Å². The van der Waals surface area contributed by atoms with Gasteiger partial charge >= 0.3 is 5.97 Å². The van der Waals surface area contributed by atoms with Crippen LogP contribution in [0.3, 0.4) is 0 Å². The summed E-state index contributed by atoms with van der Waals surface area (Å²) >= 11 is 0. The summed E-state index contributed by atoms with van der Waals surface area (Å²) in [4.78, 5) is 15.2. The summed E-state index contributed by atoms with van der Waals surface area (Å²) in [5.41, 5.74) is 1.35. The van der Waals surface area contributed by atoms with E-state index in [0.29, 0.717) is 6.04 Å². The topological polar surface area (TPSA) is 43.8 Å². The highest BCUT2D eigenvalue weighted by Gasteiger charge is 2.23. The van der Waals surface area contributed by atoms with Gasteiger partial charge in [-0.25, -0.2) is 0 Å². The van der Waals surface area contributed by atoms with Crippen LogP contribution in [0.15, 0.2) is 42.5 Å². The molecule has 0 bridgehead atoms. The Morgan fingerprint density at radius 2 is 1.87 bits per heavy atom. The molecule has 0 radical (unpaired) electrons. The second-order valence-electron chi connectivity index (χ2n) is 6.50. The normalized spacial score (nSPS) is 17.0. The number of piperidine rings is 1. The van der Waals surface area contributed by atoms with Crippen molar-refractivity contribution in [1.29, 1.82) is 0 Å². The predicted molar refractivity (Wildman–Crippen MR) is 92.5 cm³/mol. The number of likely N-dealkylation sites (tertiary alicyclic amines) is 1. The molecule has 1 aliphatic heterocycles. The molecule has 2 aromatic carbocycles. The molecule has 23 heavy (non-hydrogen) atoms. The molecule has 0 saturated carbocycles. The minimum atomic E-state index is -0.744. The first kappa shape index (κ1) is 16.0. The number of hydrogen-bond acceptors (Lipinski definition) is 3. The highest BCUT2D eigenvalue weighted by Crippen LogP contribution is 2.20. The second kappa shape index (κ2) is 7.11. The van der Waals surface area contributed by atoms with Crippen molar-refractivity contribution in [3.63, 3.8) is 0 Å². The fourth-order valence-corrected chi connectivity index (χ4v) is 3.46. The number of likely N-dealkylation sites (N-methyl/N-ethyl adjacent to an activating group) is 1. The van der Waals surface area contributed by atoms with Gasteiger partial charge in [0.1, 0.15) is 0 Å². The van der Waals surface area contributed by atoms with E-state index in [2.05, 4.69) is 47.4 Å². The Bertz CT molecular complexity index is 678. The van der Waals surface area contributed by atoms with E-state index in [1.165, 1.54) is 16.3 Å². The number of benzene rings is 2. The maximum absolute atomic E-state index is 10.8. The standard InChI is InChI=1S/C19H24N2O2/c1-20(14-19(22)23)18-8-10-21(11-9-18)13-15-6-7-16-4-2-3-5-17(16)12-15/h2-7,12,18H,8-11,13-14H2,1H3,(H,22,23). The molecule has 0 atom stereocenters. The van der Waals surface area contributed by atoms with Crippen LogP contribution in [0.2, 0.25) is 0 Å². The van der Waals surface area contributed by atoms with E-state index in [1.54, 1.807) is 0 Å². The van der Waals surface area contributed by atoms with Crippen molar-refractivity contribution in [3.05, 3.63) is 48.0 Å². The van der Waals surface area contributed by atoms with E-state index in [0.717, 1.165) is 32.5 Å². The number of fused-ring (bicyclic) bond motifs is 1. The van der Waals surface area contributed by atoms with Crippen LogP contribution >= 0.6 is 0 Å². The number of carbonyl (C=O) groups is 1. The van der Waals surface area contributed by atoms with Crippen LogP contribution < -0.4 is 0 Å². The molecule has 1 aliphatic rings. The lowest BCUT2D eigenvalue weighted by Gasteiger charge is -2.36. The van der Waals surface area contributed by atoms with E-state index < -0.39 is 5.97 Å². The molecule has 1 fully saturated rings. The van der Waals surface area contributed by atoms with Crippen LogP contribution in [0, 0.1) is 0 Å². The Balaban J connectivity index is 1.56. The summed E-state index contributed by atoms with van der Waals surface area (Å²) in [5.74, 6) is -0.744. The number of aliphatic carboxylic acids is 1. The SMILES string of the molecule is CN(CC(=O)O)C1CCN(Cc2ccc3ccccc3c2)CC1. The summed E-state index contributed by atoms with van der Waals surface area (Å²) in [5, 5.41) is 11.5. The molecule has 1 saturated heterocycles. The molecule has 4 nitrogen and oxygen atoms in total. The molecule has 0 aromatic heterocycles. The van der Waals surface area contributed by atoms with E-state index in [-0.39, 0.29) is 6.54 Å². The zero-order valence-corrected chi connectivity index (χ0v) is 13.6. The van der Waals surface area contributed by atoms with Crippen LogP contribution in [0.5, 0.6) is 0 Å². The molecule has 122 valence electrons. The van der Waals surface area contributed by atoms with Gasteiger partial charge in [0.2, 0.25) is 0 Å². The molecule has 4 heteroatoms. The van der Waals surface area contributed by atoms with E-state index >= 15 is 0 Å². The Kier molecular flexibility index (Phi) is 4.94. The van der Waals surface area contributed by atoms with Gasteiger partial charge in [-0.05, 0) is 55.4 Å². The van der Waals surface area contributed by atoms with Crippen LogP contribution in [0.1, 0.15) is 18.4 Å². The summed E-state index contributed by atoms with van der Waals surface area (Å²) < 4.78 is 0. The molecule has 0 spiro atoms. The van der Waals surface area contributed by atoms with Crippen LogP contribution in [-0.2, 0) is 11.3 Å². The van der Waals surface area contributed by atoms with Gasteiger partial charge in [0.25, 0.3) is 0 Å². The Morgan fingerprint density at radius 3 is 2.57 bits per heavy atom. The van der Waals surface area contributed by atoms with Crippen molar-refractivity contribution >= 4 is 16.7 Å². The summed E-state index contributed by atoms with van der Waals surface area (Å²) in [6.07, 6.45) is 2.08. The molecule has 0 unspecified atom stereocenters. The highest BCUT2D eigenvalue weighted by molar-refractivity contribution is 5.82. The van der Waals surface area contributed by atoms with Crippen LogP contribution in [-0.4, -0.2) is 53.6 Å². The number of carboxylic acids is 1. The predicted octanol–water partition coefficient (Wildman–Crippen LogP) is 2.82. The van der Waals surface area contributed by atoms with Gasteiger partial charge in [-0.1, -0.05) is 36.4 Å². The quantitative estimate of drug-likeness (QED) is 0.922. The summed E-state index contributed by atoms with van der Waals surface area (Å²) in [6.45, 7) is 3.17. The van der Waals surface area contributed by atoms with Crippen LogP contribution in [0.4, 0.5) is 0 Å². The Morgan fingerprint density at radius 1 is 1.17 bits per heavy atom. The van der Waals surface area contributed by atoms with Gasteiger partial charge in [0.15, 0.2) is 0 Å². The van der Waals surface area contributed by atoms with E-state index in [9.17, 15) is 4.79 Å². The molecule has 2 aromatic rings. The average molecular weight is 312 g/mol. The van der Waals surface area contributed by atoms with Gasteiger partial charge in [-0.3, -0.25) is 14.6 Å². The lowest BCUT2D eigenvalue weighted by molar-refractivity contribution is -0.138. The van der Waals surface area contributed by atoms with Crippen molar-refractivity contribution in [3.8, 4) is 0 Å². The van der Waals surface area contributed by atoms with Gasteiger partial charge in [0, 0.05) is 12.6 Å². The first-order chi connectivity index (χ1) is 11.1. The number of rotatable bonds is 5. The van der Waals surface area contributed by atoms with Gasteiger partial charge in [-0.15, -0.1) is 0 Å². The van der Waals surface area contributed by atoms with Gasteiger partial charge in [0.05, 0.1) is 6.54 Å². The van der Waals surface area contributed by atoms with Crippen molar-refractivity contribution < 1.29 is 9.90 Å². The monoisotopic (exact) mass is 312 g/mol. The van der Waals surface area contributed by atoms with Crippen molar-refractivity contribution in [2.45, 2.75) is 25.4 Å². The van der Waals surface area contributed by atoms with Gasteiger partial charge in [-0.2, -0.15) is 0 Å². The minimum absolute atomic E-state index is 0.134. The molecule has 0 amide bonds.